The van der Waals surface area contributed by atoms with Crippen LogP contribution in [0.15, 0.2) is 36.0 Å². The first-order valence-corrected chi connectivity index (χ1v) is 8.63. The van der Waals surface area contributed by atoms with E-state index in [0.29, 0.717) is 0 Å². The van der Waals surface area contributed by atoms with Crippen molar-refractivity contribution in [3.8, 4) is 11.8 Å². The molecular weight excluding hydrogens is 316 g/mol. The predicted molar refractivity (Wildman–Crippen MR) is 98.4 cm³/mol. The van der Waals surface area contributed by atoms with Gasteiger partial charge in [-0.05, 0) is 25.5 Å². The van der Waals surface area contributed by atoms with Crippen LogP contribution in [-0.4, -0.2) is 50.1 Å². The van der Waals surface area contributed by atoms with Crippen LogP contribution in [0.25, 0.3) is 0 Å². The van der Waals surface area contributed by atoms with Crippen LogP contribution in [-0.2, 0) is 4.79 Å². The van der Waals surface area contributed by atoms with Crippen molar-refractivity contribution >= 4 is 11.6 Å². The molecular formula is C19H26N4O2. The summed E-state index contributed by atoms with van der Waals surface area (Å²) in [6.45, 7) is 7.04. The highest BCUT2D eigenvalue weighted by molar-refractivity contribution is 5.97. The Morgan fingerprint density at radius 2 is 2.04 bits per heavy atom. The number of nitrogens with zero attached hydrogens (tertiary/aromatic N) is 3. The van der Waals surface area contributed by atoms with Gasteiger partial charge in [-0.1, -0.05) is 19.1 Å². The van der Waals surface area contributed by atoms with E-state index in [0.717, 1.165) is 44.0 Å². The normalized spacial score (nSPS) is 16.2. The van der Waals surface area contributed by atoms with E-state index in [1.807, 2.05) is 49.1 Å². The van der Waals surface area contributed by atoms with Crippen LogP contribution >= 0.6 is 0 Å². The second-order valence-electron chi connectivity index (χ2n) is 6.13. The van der Waals surface area contributed by atoms with Gasteiger partial charge in [0.05, 0.1) is 12.8 Å². The zero-order valence-corrected chi connectivity index (χ0v) is 15.2. The molecule has 1 aliphatic rings. The van der Waals surface area contributed by atoms with Crippen molar-refractivity contribution in [2.45, 2.75) is 26.3 Å². The van der Waals surface area contributed by atoms with Gasteiger partial charge in [0.15, 0.2) is 0 Å². The molecule has 2 rings (SSSR count). The number of ether oxygens (including phenoxy) is 1. The van der Waals surface area contributed by atoms with Crippen LogP contribution < -0.4 is 15.0 Å². The summed E-state index contributed by atoms with van der Waals surface area (Å²) in [6, 6.07) is 10.0. The second kappa shape index (κ2) is 8.97. The molecule has 1 atom stereocenters. The Hall–Kier alpha value is -2.68. The highest BCUT2D eigenvalue weighted by atomic mass is 16.5. The Morgan fingerprint density at radius 1 is 1.36 bits per heavy atom. The number of piperazine rings is 1. The van der Waals surface area contributed by atoms with Crippen molar-refractivity contribution in [2.75, 3.05) is 38.2 Å². The Labute approximate surface area is 149 Å². The quantitative estimate of drug-likeness (QED) is 0.634. The number of nitriles is 1. The minimum atomic E-state index is -0.302. The van der Waals surface area contributed by atoms with E-state index >= 15 is 0 Å². The summed E-state index contributed by atoms with van der Waals surface area (Å²) in [4.78, 5) is 16.4. The minimum absolute atomic E-state index is 0.0617. The third-order valence-electron chi connectivity index (χ3n) is 4.41. The lowest BCUT2D eigenvalue weighted by atomic mass is 10.2. The zero-order chi connectivity index (χ0) is 18.2. The van der Waals surface area contributed by atoms with Crippen LogP contribution in [0.5, 0.6) is 5.75 Å². The second-order valence-corrected chi connectivity index (χ2v) is 6.13. The van der Waals surface area contributed by atoms with Crippen molar-refractivity contribution in [3.05, 3.63) is 36.0 Å². The highest BCUT2D eigenvalue weighted by Crippen LogP contribution is 2.28. The summed E-state index contributed by atoms with van der Waals surface area (Å²) in [6.07, 6.45) is 2.51. The molecule has 1 fully saturated rings. The first kappa shape index (κ1) is 18.7. The lowest BCUT2D eigenvalue weighted by Gasteiger charge is -2.36. The number of carbonyl (C=O) groups excluding carboxylic acids is 1. The average molecular weight is 342 g/mol. The Balaban J connectivity index is 1.99. The van der Waals surface area contributed by atoms with Gasteiger partial charge in [0.25, 0.3) is 5.91 Å². The van der Waals surface area contributed by atoms with E-state index in [2.05, 4.69) is 10.2 Å². The summed E-state index contributed by atoms with van der Waals surface area (Å²) in [7, 11) is 1.67. The maximum atomic E-state index is 12.1. The van der Waals surface area contributed by atoms with Gasteiger partial charge < -0.3 is 19.9 Å². The third-order valence-corrected chi connectivity index (χ3v) is 4.41. The van der Waals surface area contributed by atoms with Gasteiger partial charge in [-0.25, -0.2) is 0 Å². The number of hydrogen-bond donors (Lipinski definition) is 1. The molecule has 0 aliphatic carbocycles. The number of hydrogen-bond acceptors (Lipinski definition) is 5. The van der Waals surface area contributed by atoms with Gasteiger partial charge in [0.2, 0.25) is 0 Å². The molecule has 6 heteroatoms. The molecule has 1 aromatic rings. The lowest BCUT2D eigenvalue weighted by molar-refractivity contribution is -0.117. The Bertz CT molecular complexity index is 658. The summed E-state index contributed by atoms with van der Waals surface area (Å²) in [5.74, 6) is 0.557. The monoisotopic (exact) mass is 342 g/mol. The van der Waals surface area contributed by atoms with Crippen molar-refractivity contribution in [1.82, 2.24) is 10.2 Å². The molecule has 134 valence electrons. The third kappa shape index (κ3) is 4.90. The summed E-state index contributed by atoms with van der Waals surface area (Å²) in [5, 5.41) is 12.1. The van der Waals surface area contributed by atoms with E-state index < -0.39 is 0 Å². The summed E-state index contributed by atoms with van der Waals surface area (Å²) in [5.41, 5.74) is 1.23. The van der Waals surface area contributed by atoms with E-state index in [9.17, 15) is 10.1 Å². The molecule has 1 unspecified atom stereocenters. The molecule has 0 radical (unpaired) electrons. The molecule has 0 saturated carbocycles. The van der Waals surface area contributed by atoms with Crippen molar-refractivity contribution in [3.63, 3.8) is 0 Å². The number of methoxy groups -OCH3 is 1. The minimum Gasteiger partial charge on any atom is -0.495 e. The number of rotatable bonds is 6. The van der Waals surface area contributed by atoms with Crippen molar-refractivity contribution in [2.24, 2.45) is 0 Å². The van der Waals surface area contributed by atoms with Crippen LogP contribution in [0.3, 0.4) is 0 Å². The fourth-order valence-corrected chi connectivity index (χ4v) is 2.71. The first-order chi connectivity index (χ1) is 12.1. The average Bonchev–Trinajstić information content (AvgIpc) is 2.66. The van der Waals surface area contributed by atoms with Gasteiger partial charge in [0.1, 0.15) is 17.4 Å². The van der Waals surface area contributed by atoms with E-state index in [1.54, 1.807) is 13.3 Å². The molecule has 25 heavy (non-hydrogen) atoms. The molecule has 0 spiro atoms. The molecule has 1 heterocycles. The van der Waals surface area contributed by atoms with E-state index in [-0.39, 0.29) is 17.5 Å². The van der Waals surface area contributed by atoms with Crippen LogP contribution in [0.2, 0.25) is 0 Å². The molecule has 6 nitrogen and oxygen atoms in total. The van der Waals surface area contributed by atoms with Crippen molar-refractivity contribution < 1.29 is 9.53 Å². The van der Waals surface area contributed by atoms with Gasteiger partial charge in [-0.15, -0.1) is 0 Å². The Morgan fingerprint density at radius 3 is 2.64 bits per heavy atom. The molecule has 1 aliphatic heterocycles. The molecule has 1 amide bonds. The highest BCUT2D eigenvalue weighted by Gasteiger charge is 2.19. The van der Waals surface area contributed by atoms with Gasteiger partial charge in [0, 0.05) is 38.4 Å². The van der Waals surface area contributed by atoms with Crippen LogP contribution in [0.4, 0.5) is 5.69 Å². The molecule has 0 bridgehead atoms. The number of anilines is 1. The lowest BCUT2D eigenvalue weighted by Crippen LogP contribution is -2.44. The maximum Gasteiger partial charge on any atom is 0.263 e. The first-order valence-electron chi connectivity index (χ1n) is 8.63. The maximum absolute atomic E-state index is 12.1. The standard InChI is InChI=1S/C19H26N4O2/c1-4-15(2)21-19(24)16(13-20)14-22-9-11-23(12-10-22)17-7-5-6-8-18(17)25-3/h5-8,14-15H,4,9-12H2,1-3H3,(H,21,24)/b16-14-. The number of para-hydroxylation sites is 2. The number of benzene rings is 1. The van der Waals surface area contributed by atoms with Crippen LogP contribution in [0.1, 0.15) is 20.3 Å². The number of nitrogens with one attached hydrogen (secondary N) is 1. The predicted octanol–water partition coefficient (Wildman–Crippen LogP) is 2.14. The zero-order valence-electron chi connectivity index (χ0n) is 15.2. The van der Waals surface area contributed by atoms with Gasteiger partial charge in [-0.3, -0.25) is 4.79 Å². The number of amides is 1. The summed E-state index contributed by atoms with van der Waals surface area (Å²) >= 11 is 0. The number of carbonyl (C=O) groups is 1. The van der Waals surface area contributed by atoms with Crippen LogP contribution in [0, 0.1) is 11.3 Å². The Kier molecular flexibility index (Phi) is 6.70. The van der Waals surface area contributed by atoms with E-state index in [1.165, 1.54) is 0 Å². The SMILES string of the molecule is CCC(C)NC(=O)/C(C#N)=C\N1CCN(c2ccccc2OC)CC1. The fraction of sp³-hybridized carbons (Fsp3) is 0.474. The van der Waals surface area contributed by atoms with Gasteiger partial charge in [-0.2, -0.15) is 5.26 Å². The largest absolute Gasteiger partial charge is 0.495 e. The summed E-state index contributed by atoms with van der Waals surface area (Å²) < 4.78 is 5.42. The molecule has 0 aromatic heterocycles. The topological polar surface area (TPSA) is 68.6 Å². The molecule has 1 saturated heterocycles. The molecule has 1 aromatic carbocycles. The van der Waals surface area contributed by atoms with Gasteiger partial charge >= 0.3 is 0 Å². The van der Waals surface area contributed by atoms with E-state index in [4.69, 9.17) is 4.74 Å². The smallest absolute Gasteiger partial charge is 0.263 e. The fourth-order valence-electron chi connectivity index (χ4n) is 2.71. The molecule has 1 N–H and O–H groups in total. The van der Waals surface area contributed by atoms with Crippen molar-refractivity contribution in [1.29, 1.82) is 5.26 Å².